The number of anilines is 1. The zero-order valence-electron chi connectivity index (χ0n) is 18.6. The fourth-order valence-corrected chi connectivity index (χ4v) is 2.82. The second-order valence-corrected chi connectivity index (χ2v) is 7.09. The molecule has 2 amide bonds. The minimum absolute atomic E-state index is 0.00230. The minimum atomic E-state index is -0.499. The molecule has 166 valence electrons. The summed E-state index contributed by atoms with van der Waals surface area (Å²) in [5.41, 5.74) is 3.46. The molecular weight excluding hydrogens is 394 g/mol. The Morgan fingerprint density at radius 3 is 2.42 bits per heavy atom. The van der Waals surface area contributed by atoms with Crippen LogP contribution in [-0.2, 0) is 17.7 Å². The number of hydrogen-bond acceptors (Lipinski definition) is 4. The van der Waals surface area contributed by atoms with Crippen molar-refractivity contribution in [1.82, 2.24) is 15.5 Å². The number of amides is 2. The van der Waals surface area contributed by atoms with Crippen molar-refractivity contribution in [3.8, 4) is 0 Å². The molecule has 0 saturated carbocycles. The van der Waals surface area contributed by atoms with E-state index in [1.54, 1.807) is 19.0 Å². The van der Waals surface area contributed by atoms with E-state index in [0.717, 1.165) is 30.1 Å². The van der Waals surface area contributed by atoms with Crippen LogP contribution in [0, 0.1) is 0 Å². The molecule has 2 rings (SSSR count). The number of ether oxygens (including phenoxy) is 1. The second kappa shape index (κ2) is 12.2. The molecule has 0 fully saturated rings. The number of hydrogen-bond donors (Lipinski definition) is 3. The van der Waals surface area contributed by atoms with E-state index in [0.29, 0.717) is 24.3 Å². The zero-order chi connectivity index (χ0) is 22.6. The number of aliphatic imine (C=N–C) groups is 1. The SMILES string of the molecule is CCNC(=NCc1ccc(NC(=O)OC)cc1)NCCc1cccc(C(=O)N(C)C)c1. The van der Waals surface area contributed by atoms with Crippen molar-refractivity contribution in [2.24, 2.45) is 4.99 Å². The summed E-state index contributed by atoms with van der Waals surface area (Å²) in [5.74, 6) is 0.720. The van der Waals surface area contributed by atoms with Gasteiger partial charge in [0.1, 0.15) is 0 Å². The molecule has 31 heavy (non-hydrogen) atoms. The number of nitrogens with one attached hydrogen (secondary N) is 3. The highest BCUT2D eigenvalue weighted by Crippen LogP contribution is 2.11. The largest absolute Gasteiger partial charge is 0.453 e. The number of nitrogens with zero attached hydrogens (tertiary/aromatic N) is 2. The van der Waals surface area contributed by atoms with Crippen LogP contribution in [0.1, 0.15) is 28.4 Å². The summed E-state index contributed by atoms with van der Waals surface area (Å²) < 4.78 is 4.58. The molecule has 0 radical (unpaired) electrons. The van der Waals surface area contributed by atoms with Crippen molar-refractivity contribution < 1.29 is 14.3 Å². The van der Waals surface area contributed by atoms with E-state index < -0.39 is 6.09 Å². The normalized spacial score (nSPS) is 10.9. The Kier molecular flexibility index (Phi) is 9.35. The minimum Gasteiger partial charge on any atom is -0.453 e. The topological polar surface area (TPSA) is 95.1 Å². The van der Waals surface area contributed by atoms with Crippen LogP contribution in [0.3, 0.4) is 0 Å². The lowest BCUT2D eigenvalue weighted by atomic mass is 10.1. The van der Waals surface area contributed by atoms with Gasteiger partial charge in [-0.25, -0.2) is 9.79 Å². The van der Waals surface area contributed by atoms with E-state index in [1.165, 1.54) is 7.11 Å². The summed E-state index contributed by atoms with van der Waals surface area (Å²) >= 11 is 0. The Labute approximate surface area is 183 Å². The highest BCUT2D eigenvalue weighted by Gasteiger charge is 2.08. The van der Waals surface area contributed by atoms with E-state index in [4.69, 9.17) is 0 Å². The standard InChI is InChI=1S/C23H31N5O3/c1-5-24-22(26-16-18-9-11-20(12-10-18)27-23(30)31-4)25-14-13-17-7-6-8-19(15-17)21(29)28(2)3/h6-12,15H,5,13-14,16H2,1-4H3,(H,27,30)(H2,24,25,26). The lowest BCUT2D eigenvalue weighted by molar-refractivity contribution is 0.0827. The van der Waals surface area contributed by atoms with Crippen LogP contribution in [-0.4, -0.2) is 57.2 Å². The molecule has 8 nitrogen and oxygen atoms in total. The van der Waals surface area contributed by atoms with Crippen molar-refractivity contribution in [3.05, 3.63) is 65.2 Å². The molecular formula is C23H31N5O3. The number of methoxy groups -OCH3 is 1. The first kappa shape index (κ1) is 23.7. The van der Waals surface area contributed by atoms with Crippen LogP contribution in [0.5, 0.6) is 0 Å². The summed E-state index contributed by atoms with van der Waals surface area (Å²) in [6.07, 6.45) is 0.272. The van der Waals surface area contributed by atoms with E-state index in [1.807, 2.05) is 55.5 Å². The Balaban J connectivity index is 1.91. The van der Waals surface area contributed by atoms with Crippen LogP contribution in [0.25, 0.3) is 0 Å². The van der Waals surface area contributed by atoms with E-state index in [9.17, 15) is 9.59 Å². The number of benzene rings is 2. The molecule has 0 bridgehead atoms. The maximum Gasteiger partial charge on any atom is 0.411 e. The van der Waals surface area contributed by atoms with Crippen LogP contribution >= 0.6 is 0 Å². The third kappa shape index (κ3) is 8.00. The molecule has 2 aromatic rings. The smallest absolute Gasteiger partial charge is 0.411 e. The molecule has 0 aliphatic heterocycles. The predicted molar refractivity (Wildman–Crippen MR) is 123 cm³/mol. The third-order valence-corrected chi connectivity index (χ3v) is 4.44. The molecule has 0 aliphatic rings. The van der Waals surface area contributed by atoms with Crippen LogP contribution in [0.15, 0.2) is 53.5 Å². The van der Waals surface area contributed by atoms with E-state index in [2.05, 4.69) is 25.7 Å². The first-order chi connectivity index (χ1) is 14.9. The summed E-state index contributed by atoms with van der Waals surface area (Å²) in [6.45, 7) is 3.95. The van der Waals surface area contributed by atoms with Crippen LogP contribution in [0.2, 0.25) is 0 Å². The van der Waals surface area contributed by atoms with Crippen LogP contribution < -0.4 is 16.0 Å². The van der Waals surface area contributed by atoms with Crippen molar-refractivity contribution in [1.29, 1.82) is 0 Å². The maximum atomic E-state index is 12.1. The quantitative estimate of drug-likeness (QED) is 0.447. The summed E-state index contributed by atoms with van der Waals surface area (Å²) in [7, 11) is 4.82. The average molecular weight is 426 g/mol. The average Bonchev–Trinajstić information content (AvgIpc) is 2.78. The second-order valence-electron chi connectivity index (χ2n) is 7.09. The van der Waals surface area contributed by atoms with Gasteiger partial charge < -0.3 is 20.3 Å². The number of carbonyl (C=O) groups excluding carboxylic acids is 2. The Morgan fingerprint density at radius 1 is 1.03 bits per heavy atom. The van der Waals surface area contributed by atoms with Gasteiger partial charge in [-0.15, -0.1) is 0 Å². The van der Waals surface area contributed by atoms with Gasteiger partial charge in [-0.2, -0.15) is 0 Å². The molecule has 0 atom stereocenters. The fourth-order valence-electron chi connectivity index (χ4n) is 2.82. The van der Waals surface area contributed by atoms with Gasteiger partial charge in [-0.1, -0.05) is 24.3 Å². The summed E-state index contributed by atoms with van der Waals surface area (Å²) in [5, 5.41) is 9.18. The van der Waals surface area contributed by atoms with Gasteiger partial charge in [0, 0.05) is 38.4 Å². The molecule has 0 aromatic heterocycles. The lowest BCUT2D eigenvalue weighted by Gasteiger charge is -2.13. The highest BCUT2D eigenvalue weighted by molar-refractivity contribution is 5.94. The predicted octanol–water partition coefficient (Wildman–Crippen LogP) is 2.86. The summed E-state index contributed by atoms with van der Waals surface area (Å²) in [4.78, 5) is 29.6. The van der Waals surface area contributed by atoms with Gasteiger partial charge in [-0.05, 0) is 48.7 Å². The maximum absolute atomic E-state index is 12.1. The molecule has 3 N–H and O–H groups in total. The molecule has 8 heteroatoms. The molecule has 0 saturated heterocycles. The van der Waals surface area contributed by atoms with Gasteiger partial charge in [0.05, 0.1) is 13.7 Å². The monoisotopic (exact) mass is 425 g/mol. The molecule has 0 spiro atoms. The first-order valence-electron chi connectivity index (χ1n) is 10.2. The van der Waals surface area contributed by atoms with Gasteiger partial charge in [-0.3, -0.25) is 10.1 Å². The molecule has 2 aromatic carbocycles. The molecule has 0 aliphatic carbocycles. The van der Waals surface area contributed by atoms with Crippen molar-refractivity contribution in [3.63, 3.8) is 0 Å². The van der Waals surface area contributed by atoms with Crippen molar-refractivity contribution in [2.75, 3.05) is 39.6 Å². The third-order valence-electron chi connectivity index (χ3n) is 4.44. The highest BCUT2D eigenvalue weighted by atomic mass is 16.5. The Morgan fingerprint density at radius 2 is 1.77 bits per heavy atom. The summed E-state index contributed by atoms with van der Waals surface area (Å²) in [6, 6.07) is 15.1. The molecule has 0 heterocycles. The lowest BCUT2D eigenvalue weighted by Crippen LogP contribution is -2.38. The Hall–Kier alpha value is -3.55. The number of carbonyl (C=O) groups is 2. The van der Waals surface area contributed by atoms with Gasteiger partial charge >= 0.3 is 6.09 Å². The van der Waals surface area contributed by atoms with Gasteiger partial charge in [0.15, 0.2) is 5.96 Å². The van der Waals surface area contributed by atoms with Crippen molar-refractivity contribution in [2.45, 2.75) is 19.9 Å². The number of guanidine groups is 1. The first-order valence-corrected chi connectivity index (χ1v) is 10.2. The Bertz CT molecular complexity index is 894. The molecule has 0 unspecified atom stereocenters. The zero-order valence-corrected chi connectivity index (χ0v) is 18.6. The van der Waals surface area contributed by atoms with Crippen LogP contribution in [0.4, 0.5) is 10.5 Å². The van der Waals surface area contributed by atoms with Gasteiger partial charge in [0.2, 0.25) is 0 Å². The van der Waals surface area contributed by atoms with Crippen molar-refractivity contribution >= 4 is 23.6 Å². The van der Waals surface area contributed by atoms with E-state index in [-0.39, 0.29) is 5.91 Å². The van der Waals surface area contributed by atoms with E-state index >= 15 is 0 Å². The number of rotatable bonds is 8. The van der Waals surface area contributed by atoms with Gasteiger partial charge in [0.25, 0.3) is 5.91 Å². The fraction of sp³-hybridized carbons (Fsp3) is 0.348.